The van der Waals surface area contributed by atoms with Gasteiger partial charge in [0.2, 0.25) is 11.8 Å². The molecule has 29 heavy (non-hydrogen) atoms. The van der Waals surface area contributed by atoms with E-state index in [9.17, 15) is 19.2 Å². The van der Waals surface area contributed by atoms with Gasteiger partial charge in [-0.05, 0) is 31.2 Å². The van der Waals surface area contributed by atoms with Crippen LogP contribution in [0.4, 0.5) is 16.2 Å². The number of hydrogen-bond donors (Lipinski definition) is 3. The van der Waals surface area contributed by atoms with E-state index in [2.05, 4.69) is 31.9 Å². The Morgan fingerprint density at radius 2 is 1.72 bits per heavy atom. The van der Waals surface area contributed by atoms with Crippen molar-refractivity contribution in [2.45, 2.75) is 19.4 Å². The lowest BCUT2D eigenvalue weighted by Gasteiger charge is -2.23. The van der Waals surface area contributed by atoms with Crippen molar-refractivity contribution in [1.82, 2.24) is 10.2 Å². The van der Waals surface area contributed by atoms with Crippen LogP contribution >= 0.6 is 15.9 Å². The highest BCUT2D eigenvalue weighted by atomic mass is 79.9. The summed E-state index contributed by atoms with van der Waals surface area (Å²) in [5.41, 5.74) is 0.279. The number of amides is 5. The summed E-state index contributed by atoms with van der Waals surface area (Å²) in [5, 5.41) is 7.91. The molecule has 1 saturated heterocycles. The predicted octanol–water partition coefficient (Wildman–Crippen LogP) is 2.81. The number of imide groups is 1. The van der Waals surface area contributed by atoms with Gasteiger partial charge in [-0.1, -0.05) is 40.2 Å². The average Bonchev–Trinajstić information content (AvgIpc) is 2.85. The van der Waals surface area contributed by atoms with Crippen molar-refractivity contribution in [3.8, 4) is 0 Å². The average molecular weight is 459 g/mol. The van der Waals surface area contributed by atoms with Gasteiger partial charge in [0.05, 0.1) is 0 Å². The molecule has 3 rings (SSSR count). The van der Waals surface area contributed by atoms with E-state index < -0.39 is 29.9 Å². The minimum Gasteiger partial charge on any atom is -0.326 e. The van der Waals surface area contributed by atoms with E-state index in [1.165, 1.54) is 6.92 Å². The van der Waals surface area contributed by atoms with E-state index in [1.807, 2.05) is 0 Å². The second kappa shape index (κ2) is 8.04. The Morgan fingerprint density at radius 1 is 1.07 bits per heavy atom. The molecule has 0 unspecified atom stereocenters. The molecule has 5 amide bonds. The smallest absolute Gasteiger partial charge is 0.325 e. The van der Waals surface area contributed by atoms with E-state index in [-0.39, 0.29) is 5.91 Å². The molecule has 3 N–H and O–H groups in total. The van der Waals surface area contributed by atoms with Gasteiger partial charge in [-0.2, -0.15) is 0 Å². The lowest BCUT2D eigenvalue weighted by Crippen LogP contribution is -2.42. The number of hydrogen-bond acceptors (Lipinski definition) is 4. The van der Waals surface area contributed by atoms with E-state index in [0.717, 1.165) is 4.90 Å². The summed E-state index contributed by atoms with van der Waals surface area (Å²) in [7, 11) is 0. The van der Waals surface area contributed by atoms with Gasteiger partial charge in [0, 0.05) is 28.3 Å². The first-order chi connectivity index (χ1) is 13.7. The molecule has 0 saturated carbocycles. The highest BCUT2D eigenvalue weighted by Crippen LogP contribution is 2.33. The fourth-order valence-corrected chi connectivity index (χ4v) is 3.79. The predicted molar refractivity (Wildman–Crippen MR) is 111 cm³/mol. The van der Waals surface area contributed by atoms with Gasteiger partial charge in [0.25, 0.3) is 5.91 Å². The van der Waals surface area contributed by atoms with Crippen LogP contribution in [-0.2, 0) is 19.9 Å². The number of nitrogens with zero attached hydrogens (tertiary/aromatic N) is 1. The Labute approximate surface area is 175 Å². The minimum atomic E-state index is -1.28. The summed E-state index contributed by atoms with van der Waals surface area (Å²) in [6.45, 7) is 2.54. The van der Waals surface area contributed by atoms with Crippen molar-refractivity contribution >= 4 is 51.1 Å². The lowest BCUT2D eigenvalue weighted by molar-refractivity contribution is -0.133. The highest BCUT2D eigenvalue weighted by Gasteiger charge is 2.50. The molecule has 0 aromatic heterocycles. The number of carbonyl (C=O) groups is 4. The third kappa shape index (κ3) is 4.29. The first-order valence-corrected chi connectivity index (χ1v) is 9.56. The maximum absolute atomic E-state index is 12.9. The van der Waals surface area contributed by atoms with Crippen LogP contribution in [-0.4, -0.2) is 35.2 Å². The van der Waals surface area contributed by atoms with E-state index in [4.69, 9.17) is 0 Å². The van der Waals surface area contributed by atoms with Gasteiger partial charge in [0.15, 0.2) is 0 Å². The van der Waals surface area contributed by atoms with Gasteiger partial charge in [-0.15, -0.1) is 0 Å². The number of benzene rings is 2. The molecule has 0 aliphatic carbocycles. The Balaban J connectivity index is 1.73. The maximum atomic E-state index is 12.9. The summed E-state index contributed by atoms with van der Waals surface area (Å²) in [5.74, 6) is -1.29. The van der Waals surface area contributed by atoms with Crippen molar-refractivity contribution in [3.05, 3.63) is 58.6 Å². The number of urea groups is 1. The summed E-state index contributed by atoms with van der Waals surface area (Å²) in [4.78, 5) is 49.8. The minimum absolute atomic E-state index is 0.237. The van der Waals surface area contributed by atoms with E-state index >= 15 is 0 Å². The van der Waals surface area contributed by atoms with Crippen molar-refractivity contribution in [1.29, 1.82) is 0 Å². The molecule has 2 aromatic rings. The van der Waals surface area contributed by atoms with Gasteiger partial charge >= 0.3 is 6.03 Å². The number of rotatable bonds is 5. The molecule has 150 valence electrons. The zero-order chi connectivity index (χ0) is 21.2. The van der Waals surface area contributed by atoms with Gasteiger partial charge < -0.3 is 16.0 Å². The van der Waals surface area contributed by atoms with Crippen molar-refractivity contribution in [2.75, 3.05) is 17.2 Å². The van der Waals surface area contributed by atoms with Crippen molar-refractivity contribution in [3.63, 3.8) is 0 Å². The van der Waals surface area contributed by atoms with E-state index in [0.29, 0.717) is 21.4 Å². The lowest BCUT2D eigenvalue weighted by atomic mass is 9.92. The molecule has 1 fully saturated rings. The molecule has 0 spiro atoms. The number of anilines is 2. The third-order valence-corrected chi connectivity index (χ3v) is 5.15. The molecule has 9 heteroatoms. The largest absolute Gasteiger partial charge is 0.326 e. The molecular weight excluding hydrogens is 440 g/mol. The molecular formula is C20H19BrN4O4. The van der Waals surface area contributed by atoms with Crippen LogP contribution in [0.3, 0.4) is 0 Å². The first kappa shape index (κ1) is 20.5. The van der Waals surface area contributed by atoms with Crippen LogP contribution in [0.5, 0.6) is 0 Å². The van der Waals surface area contributed by atoms with Crippen molar-refractivity contribution in [2.24, 2.45) is 0 Å². The van der Waals surface area contributed by atoms with Crippen LogP contribution in [0.15, 0.2) is 53.0 Å². The molecule has 1 atom stereocenters. The first-order valence-electron chi connectivity index (χ1n) is 8.77. The quantitative estimate of drug-likeness (QED) is 0.598. The normalized spacial score (nSPS) is 18.4. The second-order valence-electron chi connectivity index (χ2n) is 6.74. The SMILES string of the molecule is CC(=O)Nc1cccc(NC(=O)CN2C(=O)N[C@@](C)(c3ccccc3Br)C2=O)c1. The molecule has 0 radical (unpaired) electrons. The molecule has 1 aliphatic rings. The van der Waals surface area contributed by atoms with Crippen molar-refractivity contribution < 1.29 is 19.2 Å². The standard InChI is InChI=1S/C20H19BrN4O4/c1-12(26)22-13-6-5-7-14(10-13)23-17(27)11-25-18(28)20(2,24-19(25)29)15-8-3-4-9-16(15)21/h3-10H,11H2,1-2H3,(H,22,26)(H,23,27)(H,24,29)/t20-/m0/s1. The van der Waals surface area contributed by atoms with Crippen LogP contribution in [0, 0.1) is 0 Å². The third-order valence-electron chi connectivity index (χ3n) is 4.46. The van der Waals surface area contributed by atoms with Crippen LogP contribution in [0.25, 0.3) is 0 Å². The molecule has 1 aliphatic heterocycles. The van der Waals surface area contributed by atoms with Gasteiger partial charge in [-0.3, -0.25) is 19.3 Å². The monoisotopic (exact) mass is 458 g/mol. The summed E-state index contributed by atoms with van der Waals surface area (Å²) < 4.78 is 0.678. The van der Waals surface area contributed by atoms with Crippen LogP contribution < -0.4 is 16.0 Å². The fraction of sp³-hybridized carbons (Fsp3) is 0.200. The summed E-state index contributed by atoms with van der Waals surface area (Å²) in [6, 6.07) is 13.0. The molecule has 0 bridgehead atoms. The summed E-state index contributed by atoms with van der Waals surface area (Å²) in [6.07, 6.45) is 0. The molecule has 8 nitrogen and oxygen atoms in total. The Bertz CT molecular complexity index is 1010. The Hall–Kier alpha value is -3.20. The van der Waals surface area contributed by atoms with E-state index in [1.54, 1.807) is 55.5 Å². The van der Waals surface area contributed by atoms with Gasteiger partial charge in [0.1, 0.15) is 12.1 Å². The van der Waals surface area contributed by atoms with Crippen LogP contribution in [0.1, 0.15) is 19.4 Å². The zero-order valence-electron chi connectivity index (χ0n) is 15.8. The fourth-order valence-electron chi connectivity index (χ4n) is 3.11. The van der Waals surface area contributed by atoms with Crippen LogP contribution in [0.2, 0.25) is 0 Å². The second-order valence-corrected chi connectivity index (χ2v) is 7.59. The Morgan fingerprint density at radius 3 is 2.38 bits per heavy atom. The highest BCUT2D eigenvalue weighted by molar-refractivity contribution is 9.10. The van der Waals surface area contributed by atoms with Gasteiger partial charge in [-0.25, -0.2) is 4.79 Å². The molecule has 2 aromatic carbocycles. The number of halogens is 1. The Kier molecular flexibility index (Phi) is 5.69. The molecule has 1 heterocycles. The maximum Gasteiger partial charge on any atom is 0.325 e. The number of carbonyl (C=O) groups excluding carboxylic acids is 4. The topological polar surface area (TPSA) is 108 Å². The number of nitrogens with one attached hydrogen (secondary N) is 3. The summed E-state index contributed by atoms with van der Waals surface area (Å²) >= 11 is 3.40. The zero-order valence-corrected chi connectivity index (χ0v) is 17.4.